The van der Waals surface area contributed by atoms with Crippen LogP contribution in [0.4, 0.5) is 0 Å². The molecule has 1 N–H and O–H groups in total. The number of aliphatic hydroxyl groups excluding tert-OH is 1. The maximum Gasteiger partial charge on any atom is 0.338 e. The van der Waals surface area contributed by atoms with Gasteiger partial charge in [-0.15, -0.1) is 0 Å². The number of esters is 1. The van der Waals surface area contributed by atoms with Gasteiger partial charge < -0.3 is 9.84 Å². The molecule has 0 fully saturated rings. The number of rotatable bonds is 9. The van der Waals surface area contributed by atoms with E-state index in [0.29, 0.717) is 18.4 Å². The molecule has 3 heteroatoms. The highest BCUT2D eigenvalue weighted by molar-refractivity contribution is 5.89. The van der Waals surface area contributed by atoms with Crippen LogP contribution >= 0.6 is 0 Å². The van der Waals surface area contributed by atoms with Crippen LogP contribution in [0.5, 0.6) is 0 Å². The van der Waals surface area contributed by atoms with Crippen molar-refractivity contribution in [2.75, 3.05) is 6.61 Å². The van der Waals surface area contributed by atoms with E-state index in [9.17, 15) is 9.90 Å². The molecular weight excluding hydrogens is 372 g/mol. The predicted molar refractivity (Wildman–Crippen MR) is 121 cm³/mol. The van der Waals surface area contributed by atoms with Crippen LogP contribution in [0.2, 0.25) is 0 Å². The normalized spacial score (nSPS) is 13.5. The number of carbonyl (C=O) groups is 1. The van der Waals surface area contributed by atoms with E-state index in [-0.39, 0.29) is 18.5 Å². The quantitative estimate of drug-likeness (QED) is 0.479. The fourth-order valence-electron chi connectivity index (χ4n) is 3.54. The Kier molecular flexibility index (Phi) is 7.99. The first-order chi connectivity index (χ1) is 14.7. The summed E-state index contributed by atoms with van der Waals surface area (Å²) < 4.78 is 5.99. The van der Waals surface area contributed by atoms with Crippen molar-refractivity contribution in [3.05, 3.63) is 114 Å². The maximum absolute atomic E-state index is 12.8. The Morgan fingerprint density at radius 3 is 1.97 bits per heavy atom. The average Bonchev–Trinajstić information content (AvgIpc) is 2.80. The molecule has 1 unspecified atom stereocenters. The minimum absolute atomic E-state index is 0.0368. The Hall–Kier alpha value is -3.17. The van der Waals surface area contributed by atoms with Gasteiger partial charge in [0.2, 0.25) is 0 Å². The van der Waals surface area contributed by atoms with E-state index >= 15 is 0 Å². The van der Waals surface area contributed by atoms with Crippen molar-refractivity contribution in [1.82, 2.24) is 0 Å². The smallest absolute Gasteiger partial charge is 0.338 e. The summed E-state index contributed by atoms with van der Waals surface area (Å²) in [6.45, 7) is 2.06. The highest BCUT2D eigenvalue weighted by atomic mass is 16.5. The van der Waals surface area contributed by atoms with Gasteiger partial charge in [0.1, 0.15) is 6.10 Å². The van der Waals surface area contributed by atoms with Crippen LogP contribution in [0.1, 0.15) is 34.8 Å². The van der Waals surface area contributed by atoms with Gasteiger partial charge >= 0.3 is 5.97 Å². The number of aliphatic hydroxyl groups is 1. The van der Waals surface area contributed by atoms with Crippen molar-refractivity contribution in [1.29, 1.82) is 0 Å². The third-order valence-electron chi connectivity index (χ3n) is 5.20. The first-order valence-corrected chi connectivity index (χ1v) is 10.3. The fraction of sp³-hybridized carbons (Fsp3) is 0.222. The zero-order valence-electron chi connectivity index (χ0n) is 17.3. The van der Waals surface area contributed by atoms with E-state index in [2.05, 4.69) is 12.1 Å². The molecule has 30 heavy (non-hydrogen) atoms. The van der Waals surface area contributed by atoms with Crippen molar-refractivity contribution in [2.45, 2.75) is 25.9 Å². The third kappa shape index (κ3) is 6.16. The highest BCUT2D eigenvalue weighted by Crippen LogP contribution is 2.25. The van der Waals surface area contributed by atoms with E-state index in [0.717, 1.165) is 16.7 Å². The van der Waals surface area contributed by atoms with Gasteiger partial charge in [-0.3, -0.25) is 0 Å². The van der Waals surface area contributed by atoms with Crippen LogP contribution in [0.3, 0.4) is 0 Å². The van der Waals surface area contributed by atoms with E-state index in [1.54, 1.807) is 12.1 Å². The molecule has 0 heterocycles. The van der Waals surface area contributed by atoms with E-state index in [4.69, 9.17) is 4.74 Å². The number of hydrogen-bond donors (Lipinski definition) is 1. The Bertz CT molecular complexity index is 934. The monoisotopic (exact) mass is 400 g/mol. The topological polar surface area (TPSA) is 46.5 Å². The summed E-state index contributed by atoms with van der Waals surface area (Å²) in [7, 11) is 0. The number of hydrogen-bond acceptors (Lipinski definition) is 3. The molecule has 0 aliphatic heterocycles. The molecule has 3 rings (SSSR count). The van der Waals surface area contributed by atoms with Crippen LogP contribution < -0.4 is 0 Å². The number of ether oxygens (including phenoxy) is 1. The fourth-order valence-corrected chi connectivity index (χ4v) is 3.54. The minimum Gasteiger partial charge on any atom is -0.454 e. The van der Waals surface area contributed by atoms with Gasteiger partial charge in [0, 0.05) is 12.5 Å². The van der Waals surface area contributed by atoms with Crippen LogP contribution in [0.25, 0.3) is 5.57 Å². The zero-order chi connectivity index (χ0) is 21.2. The first kappa shape index (κ1) is 21.5. The van der Waals surface area contributed by atoms with Crippen LogP contribution in [0.15, 0.2) is 97.1 Å². The Labute approximate surface area is 178 Å². The lowest BCUT2D eigenvalue weighted by atomic mass is 9.89. The molecule has 0 spiro atoms. The molecule has 3 nitrogen and oxygen atoms in total. The molecule has 2 atom stereocenters. The van der Waals surface area contributed by atoms with E-state index in [1.165, 1.54) is 0 Å². The summed E-state index contributed by atoms with van der Waals surface area (Å²) >= 11 is 0. The van der Waals surface area contributed by atoms with Crippen molar-refractivity contribution in [3.63, 3.8) is 0 Å². The van der Waals surface area contributed by atoms with Crippen LogP contribution in [0, 0.1) is 5.92 Å². The maximum atomic E-state index is 12.8. The van der Waals surface area contributed by atoms with Gasteiger partial charge in [0.15, 0.2) is 0 Å². The van der Waals surface area contributed by atoms with Gasteiger partial charge in [-0.1, -0.05) is 78.9 Å². The number of allylic oxidation sites excluding steroid dienone is 1. The molecule has 0 aromatic heterocycles. The first-order valence-electron chi connectivity index (χ1n) is 10.3. The summed E-state index contributed by atoms with van der Waals surface area (Å²) in [5, 5.41) is 9.70. The SMILES string of the molecule is C/C(=C\C(OC(=O)c1ccccc1)[C@H](CCO)Cc1ccccc1)c1ccccc1. The summed E-state index contributed by atoms with van der Waals surface area (Å²) in [6, 6.07) is 29.2. The molecule has 3 aromatic carbocycles. The number of benzene rings is 3. The van der Waals surface area contributed by atoms with Crippen LogP contribution in [-0.4, -0.2) is 23.8 Å². The lowest BCUT2D eigenvalue weighted by molar-refractivity contribution is 0.0242. The van der Waals surface area contributed by atoms with Crippen molar-refractivity contribution in [3.8, 4) is 0 Å². The van der Waals surface area contributed by atoms with Gasteiger partial charge in [0.05, 0.1) is 5.56 Å². The van der Waals surface area contributed by atoms with Crippen molar-refractivity contribution in [2.24, 2.45) is 5.92 Å². The summed E-state index contributed by atoms with van der Waals surface area (Å²) in [4.78, 5) is 12.8. The van der Waals surface area contributed by atoms with Gasteiger partial charge in [0.25, 0.3) is 0 Å². The van der Waals surface area contributed by atoms with Gasteiger partial charge in [-0.05, 0) is 54.7 Å². The summed E-state index contributed by atoms with van der Waals surface area (Å²) in [5.41, 5.74) is 3.80. The van der Waals surface area contributed by atoms with E-state index in [1.807, 2.05) is 79.7 Å². The summed E-state index contributed by atoms with van der Waals surface area (Å²) in [5.74, 6) is -0.391. The largest absolute Gasteiger partial charge is 0.454 e. The second-order valence-electron chi connectivity index (χ2n) is 7.41. The molecule has 0 aliphatic carbocycles. The Balaban J connectivity index is 1.90. The van der Waals surface area contributed by atoms with Gasteiger partial charge in [-0.25, -0.2) is 4.79 Å². The highest BCUT2D eigenvalue weighted by Gasteiger charge is 2.24. The number of carbonyl (C=O) groups excluding carboxylic acids is 1. The standard InChI is InChI=1S/C27H28O3/c1-21(23-13-7-3-8-14-23)19-26(30-27(29)24-15-9-4-10-16-24)25(17-18-28)20-22-11-5-2-6-12-22/h2-16,19,25-26,28H,17-18,20H2,1H3/b21-19+/t25-,26?/m1/s1. The van der Waals surface area contributed by atoms with Crippen molar-refractivity contribution >= 4 is 11.5 Å². The molecule has 0 bridgehead atoms. The van der Waals surface area contributed by atoms with Gasteiger partial charge in [-0.2, -0.15) is 0 Å². The Morgan fingerprint density at radius 2 is 1.40 bits per heavy atom. The second kappa shape index (κ2) is 11.1. The molecule has 154 valence electrons. The Morgan fingerprint density at radius 1 is 0.867 bits per heavy atom. The second-order valence-corrected chi connectivity index (χ2v) is 7.41. The minimum atomic E-state index is -0.453. The molecule has 0 saturated carbocycles. The van der Waals surface area contributed by atoms with Crippen molar-refractivity contribution < 1.29 is 14.6 Å². The molecular formula is C27H28O3. The molecule has 0 aliphatic rings. The molecule has 0 saturated heterocycles. The van der Waals surface area contributed by atoms with Crippen LogP contribution in [-0.2, 0) is 11.2 Å². The lowest BCUT2D eigenvalue weighted by Gasteiger charge is -2.25. The third-order valence-corrected chi connectivity index (χ3v) is 5.20. The van der Waals surface area contributed by atoms with E-state index < -0.39 is 6.10 Å². The lowest BCUT2D eigenvalue weighted by Crippen LogP contribution is -2.28. The predicted octanol–water partition coefficient (Wildman–Crippen LogP) is 5.56. The molecule has 3 aromatic rings. The zero-order valence-corrected chi connectivity index (χ0v) is 17.3. The average molecular weight is 401 g/mol. The molecule has 0 amide bonds. The molecule has 0 radical (unpaired) electrons. The summed E-state index contributed by atoms with van der Waals surface area (Å²) in [6.07, 6.45) is 2.82.